The molecule has 0 amide bonds. The van der Waals surface area contributed by atoms with Crippen molar-refractivity contribution in [2.45, 2.75) is 26.6 Å². The molecule has 94 valence electrons. The first-order chi connectivity index (χ1) is 8.58. The lowest BCUT2D eigenvalue weighted by molar-refractivity contribution is 0.304. The van der Waals surface area contributed by atoms with Gasteiger partial charge in [0.15, 0.2) is 0 Å². The molecule has 0 bridgehead atoms. The van der Waals surface area contributed by atoms with Crippen LogP contribution in [0.2, 0.25) is 13.1 Å². The Morgan fingerprint density at radius 2 is 1.50 bits per heavy atom. The van der Waals surface area contributed by atoms with E-state index in [9.17, 15) is 0 Å². The van der Waals surface area contributed by atoms with Crippen molar-refractivity contribution in [3.63, 3.8) is 0 Å². The van der Waals surface area contributed by atoms with Gasteiger partial charge in [-0.25, -0.2) is 0 Å². The first kappa shape index (κ1) is 13.1. The molecule has 0 heterocycles. The zero-order valence-electron chi connectivity index (χ0n) is 11.3. The molecule has 0 spiro atoms. The SMILES string of the molecule is Cc1ccc([Si](C)(C)OCc2ccccc2)cc1. The second-order valence-corrected chi connectivity index (χ2v) is 9.04. The maximum atomic E-state index is 6.18. The van der Waals surface area contributed by atoms with E-state index in [0.29, 0.717) is 6.61 Å². The molecule has 0 radical (unpaired) electrons. The number of aryl methyl sites for hydroxylation is 1. The fraction of sp³-hybridized carbons (Fsp3) is 0.250. The van der Waals surface area contributed by atoms with E-state index in [1.165, 1.54) is 16.3 Å². The quantitative estimate of drug-likeness (QED) is 0.759. The zero-order chi connectivity index (χ0) is 13.0. The molecule has 2 rings (SSSR count). The summed E-state index contributed by atoms with van der Waals surface area (Å²) in [7, 11) is -1.79. The van der Waals surface area contributed by atoms with Gasteiger partial charge in [-0.05, 0) is 30.8 Å². The van der Waals surface area contributed by atoms with E-state index in [-0.39, 0.29) is 0 Å². The Kier molecular flexibility index (Phi) is 3.99. The van der Waals surface area contributed by atoms with Crippen LogP contribution in [0.4, 0.5) is 0 Å². The summed E-state index contributed by atoms with van der Waals surface area (Å²) in [6.07, 6.45) is 0. The highest BCUT2D eigenvalue weighted by Gasteiger charge is 2.24. The van der Waals surface area contributed by atoms with Crippen molar-refractivity contribution in [3.05, 3.63) is 65.7 Å². The normalized spacial score (nSPS) is 11.5. The van der Waals surface area contributed by atoms with E-state index in [1.807, 2.05) is 6.07 Å². The van der Waals surface area contributed by atoms with Crippen LogP contribution in [0.1, 0.15) is 11.1 Å². The maximum Gasteiger partial charge on any atom is 0.218 e. The molecule has 2 aromatic carbocycles. The molecule has 0 fully saturated rings. The minimum Gasteiger partial charge on any atom is -0.409 e. The van der Waals surface area contributed by atoms with Crippen molar-refractivity contribution in [3.8, 4) is 0 Å². The van der Waals surface area contributed by atoms with Gasteiger partial charge in [-0.15, -0.1) is 0 Å². The summed E-state index contributed by atoms with van der Waals surface area (Å²) in [5.41, 5.74) is 2.54. The summed E-state index contributed by atoms with van der Waals surface area (Å²) >= 11 is 0. The van der Waals surface area contributed by atoms with Crippen molar-refractivity contribution in [1.82, 2.24) is 0 Å². The van der Waals surface area contributed by atoms with Crippen LogP contribution in [0.15, 0.2) is 54.6 Å². The number of hydrogen-bond donors (Lipinski definition) is 0. The molecule has 0 N–H and O–H groups in total. The predicted octanol–water partition coefficient (Wildman–Crippen LogP) is 3.62. The van der Waals surface area contributed by atoms with Gasteiger partial charge in [0.25, 0.3) is 0 Å². The smallest absolute Gasteiger partial charge is 0.218 e. The molecular weight excluding hydrogens is 236 g/mol. The minimum absolute atomic E-state index is 0.702. The molecular formula is C16H20OSi. The van der Waals surface area contributed by atoms with Gasteiger partial charge in [0.2, 0.25) is 8.32 Å². The lowest BCUT2D eigenvalue weighted by Gasteiger charge is -2.23. The Bertz CT molecular complexity index is 488. The molecule has 2 aromatic rings. The minimum atomic E-state index is -1.79. The van der Waals surface area contributed by atoms with E-state index in [4.69, 9.17) is 4.43 Å². The van der Waals surface area contributed by atoms with E-state index >= 15 is 0 Å². The van der Waals surface area contributed by atoms with E-state index in [1.54, 1.807) is 0 Å². The first-order valence-electron chi connectivity index (χ1n) is 6.33. The zero-order valence-corrected chi connectivity index (χ0v) is 12.3. The van der Waals surface area contributed by atoms with Crippen LogP contribution in [0.3, 0.4) is 0 Å². The molecule has 0 saturated carbocycles. The van der Waals surface area contributed by atoms with Gasteiger partial charge < -0.3 is 4.43 Å². The van der Waals surface area contributed by atoms with Crippen molar-refractivity contribution >= 4 is 13.5 Å². The van der Waals surface area contributed by atoms with Gasteiger partial charge in [-0.1, -0.05) is 60.2 Å². The molecule has 18 heavy (non-hydrogen) atoms. The average molecular weight is 256 g/mol. The molecule has 0 aliphatic heterocycles. The molecule has 0 aliphatic rings. The summed E-state index contributed by atoms with van der Waals surface area (Å²) in [4.78, 5) is 0. The number of hydrogen-bond acceptors (Lipinski definition) is 1. The summed E-state index contributed by atoms with van der Waals surface area (Å²) in [6, 6.07) is 19.1. The van der Waals surface area contributed by atoms with Gasteiger partial charge in [0, 0.05) is 0 Å². The van der Waals surface area contributed by atoms with Gasteiger partial charge in [0.05, 0.1) is 6.61 Å². The maximum absolute atomic E-state index is 6.18. The molecule has 0 unspecified atom stereocenters. The summed E-state index contributed by atoms with van der Waals surface area (Å²) in [5, 5.41) is 1.35. The molecule has 0 saturated heterocycles. The summed E-state index contributed by atoms with van der Waals surface area (Å²) in [6.45, 7) is 7.32. The van der Waals surface area contributed by atoms with Crippen molar-refractivity contribution < 1.29 is 4.43 Å². The Morgan fingerprint density at radius 3 is 2.11 bits per heavy atom. The van der Waals surface area contributed by atoms with Crippen LogP contribution in [-0.4, -0.2) is 8.32 Å². The molecule has 0 atom stereocenters. The van der Waals surface area contributed by atoms with Crippen LogP contribution in [-0.2, 0) is 11.0 Å². The molecule has 2 heteroatoms. The Hall–Kier alpha value is -1.38. The van der Waals surface area contributed by atoms with Crippen molar-refractivity contribution in [2.24, 2.45) is 0 Å². The Labute approximate surface area is 111 Å². The fourth-order valence-corrected chi connectivity index (χ4v) is 3.54. The highest BCUT2D eigenvalue weighted by Crippen LogP contribution is 2.10. The van der Waals surface area contributed by atoms with E-state index in [2.05, 4.69) is 68.5 Å². The van der Waals surface area contributed by atoms with Crippen LogP contribution < -0.4 is 5.19 Å². The second-order valence-electron chi connectivity index (χ2n) is 5.15. The topological polar surface area (TPSA) is 9.23 Å². The lowest BCUT2D eigenvalue weighted by Crippen LogP contribution is -2.44. The second kappa shape index (κ2) is 5.51. The average Bonchev–Trinajstić information content (AvgIpc) is 2.38. The number of rotatable bonds is 4. The number of benzene rings is 2. The lowest BCUT2D eigenvalue weighted by atomic mass is 10.2. The van der Waals surface area contributed by atoms with Crippen LogP contribution in [0.5, 0.6) is 0 Å². The third-order valence-corrected chi connectivity index (χ3v) is 5.78. The molecule has 0 aromatic heterocycles. The van der Waals surface area contributed by atoms with Crippen molar-refractivity contribution in [2.75, 3.05) is 0 Å². The van der Waals surface area contributed by atoms with Gasteiger partial charge >= 0.3 is 0 Å². The van der Waals surface area contributed by atoms with Crippen molar-refractivity contribution in [1.29, 1.82) is 0 Å². The van der Waals surface area contributed by atoms with Crippen LogP contribution in [0.25, 0.3) is 0 Å². The van der Waals surface area contributed by atoms with Crippen LogP contribution >= 0.6 is 0 Å². The van der Waals surface area contributed by atoms with Gasteiger partial charge in [-0.2, -0.15) is 0 Å². The third kappa shape index (κ3) is 3.31. The predicted molar refractivity (Wildman–Crippen MR) is 79.5 cm³/mol. The highest BCUT2D eigenvalue weighted by atomic mass is 28.4. The first-order valence-corrected chi connectivity index (χ1v) is 9.24. The van der Waals surface area contributed by atoms with Gasteiger partial charge in [0.1, 0.15) is 0 Å². The molecule has 0 aliphatic carbocycles. The highest BCUT2D eigenvalue weighted by molar-refractivity contribution is 6.84. The third-order valence-electron chi connectivity index (χ3n) is 3.19. The molecule has 1 nitrogen and oxygen atoms in total. The van der Waals surface area contributed by atoms with E-state index in [0.717, 1.165) is 0 Å². The fourth-order valence-electron chi connectivity index (χ4n) is 1.88. The van der Waals surface area contributed by atoms with Crippen LogP contribution in [0, 0.1) is 6.92 Å². The largest absolute Gasteiger partial charge is 0.409 e. The Balaban J connectivity index is 2.05. The van der Waals surface area contributed by atoms with Gasteiger partial charge in [-0.3, -0.25) is 0 Å². The van der Waals surface area contributed by atoms with E-state index < -0.39 is 8.32 Å². The summed E-state index contributed by atoms with van der Waals surface area (Å²) in [5.74, 6) is 0. The summed E-state index contributed by atoms with van der Waals surface area (Å²) < 4.78 is 6.18. The monoisotopic (exact) mass is 256 g/mol. The standard InChI is InChI=1S/C16H20OSi/c1-14-9-11-16(12-10-14)18(2,3)17-13-15-7-5-4-6-8-15/h4-12H,13H2,1-3H3. The Morgan fingerprint density at radius 1 is 0.889 bits per heavy atom.